The van der Waals surface area contributed by atoms with Crippen molar-refractivity contribution < 1.29 is 14.3 Å². The molecule has 0 fully saturated rings. The molecule has 1 aliphatic rings. The van der Waals surface area contributed by atoms with Crippen molar-refractivity contribution in [3.63, 3.8) is 0 Å². The summed E-state index contributed by atoms with van der Waals surface area (Å²) in [7, 11) is 3.28. The van der Waals surface area contributed by atoms with E-state index in [-0.39, 0.29) is 5.91 Å². The summed E-state index contributed by atoms with van der Waals surface area (Å²) >= 11 is 0. The average Bonchev–Trinajstić information content (AvgIpc) is 3.20. The van der Waals surface area contributed by atoms with Gasteiger partial charge < -0.3 is 19.4 Å². The molecule has 0 atom stereocenters. The molecule has 4 rings (SSSR count). The fourth-order valence-corrected chi connectivity index (χ4v) is 4.11. The number of nitrogens with one attached hydrogen (secondary N) is 1. The molecule has 0 radical (unpaired) electrons. The molecule has 0 saturated carbocycles. The number of amides is 1. The lowest BCUT2D eigenvalue weighted by Gasteiger charge is -2.26. The predicted octanol–water partition coefficient (Wildman–Crippen LogP) is 4.82. The van der Waals surface area contributed by atoms with E-state index in [9.17, 15) is 4.79 Å². The molecule has 0 spiro atoms. The molecular weight excluding hydrogens is 376 g/mol. The number of methoxy groups -OCH3 is 2. The van der Waals surface area contributed by atoms with Crippen molar-refractivity contribution in [2.45, 2.75) is 25.7 Å². The van der Waals surface area contributed by atoms with E-state index >= 15 is 0 Å². The molecule has 2 heterocycles. The molecule has 0 saturated heterocycles. The Labute approximate surface area is 177 Å². The molecule has 0 bridgehead atoms. The van der Waals surface area contributed by atoms with Crippen molar-refractivity contribution in [1.82, 2.24) is 9.88 Å². The van der Waals surface area contributed by atoms with Crippen molar-refractivity contribution in [3.05, 3.63) is 65.9 Å². The number of benzene rings is 2. The Kier molecular flexibility index (Phi) is 6.07. The number of carbonyl (C=O) groups is 1. The second kappa shape index (κ2) is 9.08. The topological polar surface area (TPSA) is 54.6 Å². The molecule has 1 aliphatic heterocycles. The van der Waals surface area contributed by atoms with Crippen LogP contribution < -0.4 is 9.47 Å². The zero-order chi connectivity index (χ0) is 20.9. The molecule has 30 heavy (non-hydrogen) atoms. The number of rotatable bonds is 7. The Balaban J connectivity index is 1.34. The van der Waals surface area contributed by atoms with E-state index in [1.165, 1.54) is 16.7 Å². The largest absolute Gasteiger partial charge is 0.493 e. The van der Waals surface area contributed by atoms with Crippen LogP contribution in [0.2, 0.25) is 0 Å². The van der Waals surface area contributed by atoms with Crippen LogP contribution in [-0.2, 0) is 11.2 Å². The fraction of sp³-hybridized carbons (Fsp3) is 0.320. The maximum atomic E-state index is 12.7. The van der Waals surface area contributed by atoms with E-state index in [0.29, 0.717) is 18.7 Å². The summed E-state index contributed by atoms with van der Waals surface area (Å²) in [5.41, 5.74) is 4.81. The molecule has 2 aromatic carbocycles. The lowest BCUT2D eigenvalue weighted by Crippen LogP contribution is -2.34. The second-order valence-corrected chi connectivity index (χ2v) is 7.61. The van der Waals surface area contributed by atoms with Crippen molar-refractivity contribution in [3.8, 4) is 11.5 Å². The predicted molar refractivity (Wildman–Crippen MR) is 120 cm³/mol. The van der Waals surface area contributed by atoms with Gasteiger partial charge in [-0.15, -0.1) is 0 Å². The SMILES string of the molecule is COc1cc2[nH]cc(CCCC(=O)N3CC=C(c4ccccc4)CC3)c2cc1OC. The Hall–Kier alpha value is -3.21. The lowest BCUT2D eigenvalue weighted by atomic mass is 9.99. The first-order valence-electron chi connectivity index (χ1n) is 10.4. The minimum Gasteiger partial charge on any atom is -0.493 e. The van der Waals surface area contributed by atoms with Gasteiger partial charge in [-0.2, -0.15) is 0 Å². The van der Waals surface area contributed by atoms with Crippen molar-refractivity contribution >= 4 is 22.4 Å². The van der Waals surface area contributed by atoms with Crippen LogP contribution in [0, 0.1) is 0 Å². The van der Waals surface area contributed by atoms with Gasteiger partial charge in [-0.05, 0) is 42.0 Å². The van der Waals surface area contributed by atoms with Gasteiger partial charge in [-0.25, -0.2) is 0 Å². The Morgan fingerprint density at radius 1 is 1.10 bits per heavy atom. The summed E-state index contributed by atoms with van der Waals surface area (Å²) < 4.78 is 10.8. The number of aryl methyl sites for hydroxylation is 1. The monoisotopic (exact) mass is 404 g/mol. The van der Waals surface area contributed by atoms with Crippen LogP contribution in [0.5, 0.6) is 11.5 Å². The minimum absolute atomic E-state index is 0.234. The molecule has 3 aromatic rings. The van der Waals surface area contributed by atoms with E-state index < -0.39 is 0 Å². The Morgan fingerprint density at radius 3 is 2.57 bits per heavy atom. The van der Waals surface area contributed by atoms with Crippen LogP contribution in [0.1, 0.15) is 30.4 Å². The summed E-state index contributed by atoms with van der Waals surface area (Å²) in [5, 5.41) is 1.12. The first kappa shape index (κ1) is 20.1. The van der Waals surface area contributed by atoms with E-state index in [4.69, 9.17) is 9.47 Å². The average molecular weight is 405 g/mol. The van der Waals surface area contributed by atoms with Crippen LogP contribution in [0.25, 0.3) is 16.5 Å². The number of ether oxygens (including phenoxy) is 2. The highest BCUT2D eigenvalue weighted by Crippen LogP contribution is 2.33. The van der Waals surface area contributed by atoms with Crippen LogP contribution in [0.4, 0.5) is 0 Å². The highest BCUT2D eigenvalue weighted by molar-refractivity contribution is 5.87. The molecule has 1 N–H and O–H groups in total. The van der Waals surface area contributed by atoms with E-state index in [2.05, 4.69) is 35.3 Å². The van der Waals surface area contributed by atoms with Gasteiger partial charge in [0.05, 0.1) is 14.2 Å². The first-order chi connectivity index (χ1) is 14.7. The van der Waals surface area contributed by atoms with Gasteiger partial charge in [0.25, 0.3) is 0 Å². The van der Waals surface area contributed by atoms with Crippen molar-refractivity contribution in [1.29, 1.82) is 0 Å². The summed E-state index contributed by atoms with van der Waals surface area (Å²) in [6.45, 7) is 1.50. The second-order valence-electron chi connectivity index (χ2n) is 7.61. The summed E-state index contributed by atoms with van der Waals surface area (Å²) in [6.07, 6.45) is 7.36. The van der Waals surface area contributed by atoms with Crippen LogP contribution in [0.15, 0.2) is 54.7 Å². The van der Waals surface area contributed by atoms with Gasteiger partial charge in [-0.3, -0.25) is 4.79 Å². The number of hydrogen-bond acceptors (Lipinski definition) is 3. The third-order valence-corrected chi connectivity index (χ3v) is 5.81. The molecule has 5 nitrogen and oxygen atoms in total. The van der Waals surface area contributed by atoms with E-state index in [1.54, 1.807) is 14.2 Å². The van der Waals surface area contributed by atoms with Gasteiger partial charge >= 0.3 is 0 Å². The third kappa shape index (κ3) is 4.20. The highest BCUT2D eigenvalue weighted by atomic mass is 16.5. The molecule has 1 aromatic heterocycles. The fourth-order valence-electron chi connectivity index (χ4n) is 4.11. The highest BCUT2D eigenvalue weighted by Gasteiger charge is 2.18. The molecular formula is C25H28N2O3. The molecule has 156 valence electrons. The molecule has 0 unspecified atom stereocenters. The third-order valence-electron chi connectivity index (χ3n) is 5.81. The zero-order valence-electron chi connectivity index (χ0n) is 17.6. The number of aromatic nitrogens is 1. The van der Waals surface area contributed by atoms with Crippen LogP contribution in [0.3, 0.4) is 0 Å². The number of fused-ring (bicyclic) bond motifs is 1. The lowest BCUT2D eigenvalue weighted by molar-refractivity contribution is -0.130. The Bertz CT molecular complexity index is 1050. The first-order valence-corrected chi connectivity index (χ1v) is 10.4. The number of carbonyl (C=O) groups excluding carboxylic acids is 1. The quantitative estimate of drug-likeness (QED) is 0.614. The maximum absolute atomic E-state index is 12.7. The summed E-state index contributed by atoms with van der Waals surface area (Å²) in [5.74, 6) is 1.66. The van der Waals surface area contributed by atoms with E-state index in [1.807, 2.05) is 29.3 Å². The van der Waals surface area contributed by atoms with Gasteiger partial charge in [0.15, 0.2) is 11.5 Å². The van der Waals surface area contributed by atoms with Crippen LogP contribution >= 0.6 is 0 Å². The van der Waals surface area contributed by atoms with Gasteiger partial charge in [0.1, 0.15) is 0 Å². The molecule has 0 aliphatic carbocycles. The zero-order valence-corrected chi connectivity index (χ0v) is 17.6. The number of nitrogens with zero attached hydrogens (tertiary/aromatic N) is 1. The van der Waals surface area contributed by atoms with Gasteiger partial charge in [0, 0.05) is 42.7 Å². The van der Waals surface area contributed by atoms with Gasteiger partial charge in [-0.1, -0.05) is 36.4 Å². The van der Waals surface area contributed by atoms with E-state index in [0.717, 1.165) is 42.5 Å². The normalized spacial score (nSPS) is 13.9. The number of aromatic amines is 1. The van der Waals surface area contributed by atoms with Gasteiger partial charge in [0.2, 0.25) is 5.91 Å². The smallest absolute Gasteiger partial charge is 0.222 e. The van der Waals surface area contributed by atoms with Crippen molar-refractivity contribution in [2.75, 3.05) is 27.3 Å². The number of hydrogen-bond donors (Lipinski definition) is 1. The number of H-pyrrole nitrogens is 1. The maximum Gasteiger partial charge on any atom is 0.222 e. The van der Waals surface area contributed by atoms with Crippen molar-refractivity contribution in [2.24, 2.45) is 0 Å². The summed E-state index contributed by atoms with van der Waals surface area (Å²) in [6, 6.07) is 14.4. The summed E-state index contributed by atoms with van der Waals surface area (Å²) in [4.78, 5) is 17.9. The van der Waals surface area contributed by atoms with Crippen LogP contribution in [-0.4, -0.2) is 43.1 Å². The Morgan fingerprint density at radius 2 is 1.87 bits per heavy atom. The minimum atomic E-state index is 0.234. The molecule has 1 amide bonds. The molecule has 5 heteroatoms. The standard InChI is InChI=1S/C25H28N2O3/c1-29-23-15-21-20(17-26-22(21)16-24(23)30-2)9-6-10-25(28)27-13-11-19(12-14-27)18-7-4-3-5-8-18/h3-5,7-8,11,15-17,26H,6,9-10,12-14H2,1-2H3.